The van der Waals surface area contributed by atoms with Crippen molar-refractivity contribution in [3.05, 3.63) is 93.1 Å². The molecule has 3 heterocycles. The van der Waals surface area contributed by atoms with Crippen molar-refractivity contribution in [2.45, 2.75) is 131 Å². The number of ketones is 1. The number of aromatic nitrogens is 1. The van der Waals surface area contributed by atoms with Crippen molar-refractivity contribution in [1.82, 2.24) is 25.8 Å². The maximum atomic E-state index is 14.8. The average molecular weight is 981 g/mol. The summed E-state index contributed by atoms with van der Waals surface area (Å²) < 4.78 is 12.3. The zero-order chi connectivity index (χ0) is 50.1. The molecule has 1 saturated carbocycles. The van der Waals surface area contributed by atoms with Crippen LogP contribution in [0.15, 0.2) is 60.1 Å². The summed E-state index contributed by atoms with van der Waals surface area (Å²) in [6, 6.07) is 16.6. The predicted octanol–water partition coefficient (Wildman–Crippen LogP) is 8.67. The number of aryl methyl sites for hydroxylation is 1. The maximum Gasteiger partial charge on any atom is 0.254 e. The minimum absolute atomic E-state index is 0.00362. The lowest BCUT2D eigenvalue weighted by Crippen LogP contribution is -2.74. The Morgan fingerprint density at radius 1 is 1.04 bits per heavy atom. The summed E-state index contributed by atoms with van der Waals surface area (Å²) in [7, 11) is 0. The van der Waals surface area contributed by atoms with Crippen molar-refractivity contribution in [2.75, 3.05) is 31.6 Å². The van der Waals surface area contributed by atoms with E-state index in [-0.39, 0.29) is 52.7 Å². The molecule has 69 heavy (non-hydrogen) atoms. The Bertz CT molecular complexity index is 2610. The van der Waals surface area contributed by atoms with Gasteiger partial charge >= 0.3 is 0 Å². The van der Waals surface area contributed by atoms with Gasteiger partial charge < -0.3 is 40.7 Å². The van der Waals surface area contributed by atoms with E-state index in [1.807, 2.05) is 50.8 Å². The number of aromatic hydroxyl groups is 1. The molecule has 1 saturated heterocycles. The molecule has 7 rings (SSSR count). The lowest BCUT2D eigenvalue weighted by Gasteiger charge is -2.65. The number of benzene rings is 3. The van der Waals surface area contributed by atoms with Gasteiger partial charge in [0.05, 0.1) is 38.8 Å². The molecule has 3 aromatic carbocycles. The van der Waals surface area contributed by atoms with Gasteiger partial charge in [-0.2, -0.15) is 5.26 Å². The number of phenols is 1. The summed E-state index contributed by atoms with van der Waals surface area (Å²) in [6.07, 6.45) is 3.62. The lowest BCUT2D eigenvalue weighted by molar-refractivity contribution is -0.199. The Kier molecular flexibility index (Phi) is 15.2. The maximum absolute atomic E-state index is 14.8. The van der Waals surface area contributed by atoms with Crippen LogP contribution in [0.25, 0.3) is 10.4 Å². The van der Waals surface area contributed by atoms with Crippen molar-refractivity contribution in [2.24, 2.45) is 16.2 Å². The Labute approximate surface area is 414 Å². The number of rotatable bonds is 19. The molecule has 0 bridgehead atoms. The van der Waals surface area contributed by atoms with Gasteiger partial charge in [0, 0.05) is 59.4 Å². The topological polar surface area (TPSA) is 195 Å². The molecule has 1 aliphatic carbocycles. The van der Waals surface area contributed by atoms with Crippen molar-refractivity contribution < 1.29 is 33.8 Å². The Hall–Kier alpha value is -5.53. The summed E-state index contributed by atoms with van der Waals surface area (Å²) >= 11 is 7.74. The summed E-state index contributed by atoms with van der Waals surface area (Å²) in [4.78, 5) is 63.0. The summed E-state index contributed by atoms with van der Waals surface area (Å²) in [6.45, 7) is 19.5. The second kappa shape index (κ2) is 20.4. The number of nitriles is 1. The van der Waals surface area contributed by atoms with Crippen LogP contribution in [0.4, 0.5) is 5.69 Å². The minimum Gasteiger partial charge on any atom is -0.508 e. The zero-order valence-electron chi connectivity index (χ0n) is 41.2. The van der Waals surface area contributed by atoms with Crippen LogP contribution in [0.3, 0.4) is 0 Å². The molecule has 3 atom stereocenters. The number of carbonyl (C=O) groups is 4. The van der Waals surface area contributed by atoms with Gasteiger partial charge in [-0.3, -0.25) is 19.2 Å². The molecular weight excluding hydrogens is 914 g/mol. The minimum atomic E-state index is -1.70. The third-order valence-corrected chi connectivity index (χ3v) is 15.4. The number of nitrogens with one attached hydrogen (secondary N) is 4. The number of nitrogens with zero attached hydrogens (tertiary/aromatic N) is 3. The van der Waals surface area contributed by atoms with E-state index in [9.17, 15) is 29.5 Å². The molecule has 3 amide bonds. The van der Waals surface area contributed by atoms with E-state index >= 15 is 0 Å². The molecule has 3 aliphatic rings. The molecule has 1 unspecified atom stereocenters. The number of anilines is 1. The standard InChI is InChI=1S/C53H66ClN7O7S/c1-31-43(69-30-58-31)32-17-20-38(41(62)24-32)53(9,60-46(65)40-14-13-22-57-40)45(64)44(50(2,3)4)59-42(63)29-67-23-12-10-11-21-56-35-18-15-34-28-61(47(66)37(34)25-35)48-51(5,6)49(52(48,7)8)68-36-19-16-33(27-55)39(54)26-36/h15-20,24-26,30,40,44,48-49,56-57,62H,10-14,21-23,28-29H2,1-9H3,(H,59,63)(H,60,65)/t40?,44-,48?,49?,53+/m1/s1. The second-order valence-electron chi connectivity index (χ2n) is 21.1. The monoisotopic (exact) mass is 979 g/mol. The first kappa shape index (κ1) is 51.3. The number of hydrogen-bond acceptors (Lipinski definition) is 12. The van der Waals surface area contributed by atoms with Gasteiger partial charge in [-0.15, -0.1) is 11.3 Å². The van der Waals surface area contributed by atoms with Crippen LogP contribution in [0.5, 0.6) is 11.5 Å². The van der Waals surface area contributed by atoms with Crippen molar-refractivity contribution >= 4 is 52.1 Å². The molecule has 5 N–H and O–H groups in total. The lowest BCUT2D eigenvalue weighted by atomic mass is 9.49. The van der Waals surface area contributed by atoms with E-state index in [2.05, 4.69) is 60.0 Å². The fraction of sp³-hybridized carbons (Fsp3) is 0.509. The van der Waals surface area contributed by atoms with Gasteiger partial charge in [-0.1, -0.05) is 78.3 Å². The largest absolute Gasteiger partial charge is 0.508 e. The molecule has 368 valence electrons. The zero-order valence-corrected chi connectivity index (χ0v) is 42.8. The molecule has 2 fully saturated rings. The number of unbranched alkanes of at least 4 members (excludes halogenated alkanes) is 2. The summed E-state index contributed by atoms with van der Waals surface area (Å²) in [5.41, 5.74) is 3.27. The fourth-order valence-electron chi connectivity index (χ4n) is 10.9. The first-order valence-corrected chi connectivity index (χ1v) is 25.1. The van der Waals surface area contributed by atoms with Crippen LogP contribution in [-0.2, 0) is 31.2 Å². The highest BCUT2D eigenvalue weighted by atomic mass is 35.5. The molecule has 4 aromatic rings. The molecule has 1 aromatic heterocycles. The number of thiazole rings is 1. The molecule has 14 nitrogen and oxygen atoms in total. The number of ether oxygens (including phenoxy) is 2. The predicted molar refractivity (Wildman–Crippen MR) is 268 cm³/mol. The number of hydrogen-bond donors (Lipinski definition) is 5. The van der Waals surface area contributed by atoms with Gasteiger partial charge in [0.1, 0.15) is 35.8 Å². The molecule has 2 aliphatic heterocycles. The quantitative estimate of drug-likeness (QED) is 0.0565. The number of fused-ring (bicyclic) bond motifs is 1. The van der Waals surface area contributed by atoms with E-state index in [0.717, 1.165) is 46.6 Å². The SMILES string of the molecule is Cc1ncsc1-c1ccc([C@](C)(NC(=O)C2CCCN2)C(=O)[C@@H](NC(=O)COCCCCCNc2ccc3c(c2)C(=O)N(C2C(C)(C)C(Oc4ccc(C#N)c(Cl)c4)C2(C)C)C3)C(C)(C)C)c(O)c1. The number of amides is 3. The van der Waals surface area contributed by atoms with E-state index in [1.54, 1.807) is 48.8 Å². The fourth-order valence-corrected chi connectivity index (χ4v) is 11.9. The van der Waals surface area contributed by atoms with Crippen molar-refractivity contribution in [3.8, 4) is 28.0 Å². The van der Waals surface area contributed by atoms with E-state index in [0.29, 0.717) is 61.0 Å². The van der Waals surface area contributed by atoms with Crippen LogP contribution in [-0.4, -0.2) is 89.0 Å². The van der Waals surface area contributed by atoms with Crippen molar-refractivity contribution in [1.29, 1.82) is 5.26 Å². The van der Waals surface area contributed by atoms with Crippen LogP contribution in [0, 0.1) is 34.5 Å². The Morgan fingerprint density at radius 3 is 2.43 bits per heavy atom. The number of carbonyl (C=O) groups excluding carboxylic acids is 4. The summed E-state index contributed by atoms with van der Waals surface area (Å²) in [5, 5.41) is 33.6. The highest BCUT2D eigenvalue weighted by Crippen LogP contribution is 2.59. The summed E-state index contributed by atoms with van der Waals surface area (Å²) in [5.74, 6) is -0.853. The van der Waals surface area contributed by atoms with Crippen molar-refractivity contribution in [3.63, 3.8) is 0 Å². The van der Waals surface area contributed by atoms with Gasteiger partial charge in [-0.25, -0.2) is 4.98 Å². The molecule has 0 spiro atoms. The number of phenolic OH excluding ortho intramolecular Hbond substituents is 1. The van der Waals surface area contributed by atoms with Gasteiger partial charge in [-0.05, 0) is 99.4 Å². The first-order valence-electron chi connectivity index (χ1n) is 23.8. The average Bonchev–Trinajstić information content (AvgIpc) is 4.06. The van der Waals surface area contributed by atoms with E-state index in [1.165, 1.54) is 11.3 Å². The number of Topliss-reactive ketones (excluding diaryl/α,β-unsaturated/α-hetero) is 1. The third kappa shape index (κ3) is 10.6. The molecule has 0 radical (unpaired) electrons. The van der Waals surface area contributed by atoms with E-state index < -0.39 is 34.7 Å². The Balaban J connectivity index is 0.885. The van der Waals surface area contributed by atoms with Crippen LogP contribution >= 0.6 is 22.9 Å². The highest BCUT2D eigenvalue weighted by Gasteiger charge is 2.67. The molecule has 16 heteroatoms. The highest BCUT2D eigenvalue weighted by molar-refractivity contribution is 7.13. The Morgan fingerprint density at radius 2 is 1.80 bits per heavy atom. The van der Waals surface area contributed by atoms with Gasteiger partial charge in [0.2, 0.25) is 11.8 Å². The first-order chi connectivity index (χ1) is 32.6. The smallest absolute Gasteiger partial charge is 0.254 e. The van der Waals surface area contributed by atoms with E-state index in [4.69, 9.17) is 21.1 Å². The number of halogens is 1. The van der Waals surface area contributed by atoms with Gasteiger partial charge in [0.15, 0.2) is 5.78 Å². The van der Waals surface area contributed by atoms with Crippen LogP contribution < -0.4 is 26.0 Å². The van der Waals surface area contributed by atoms with Gasteiger partial charge in [0.25, 0.3) is 5.91 Å². The third-order valence-electron chi connectivity index (χ3n) is 14.1. The van der Waals surface area contributed by atoms with Crippen LogP contribution in [0.1, 0.15) is 120 Å². The normalized spacial score (nSPS) is 20.5. The second-order valence-corrected chi connectivity index (χ2v) is 22.4. The molecular formula is C53H66ClN7O7S. The van der Waals surface area contributed by atoms with Crippen LogP contribution in [0.2, 0.25) is 5.02 Å².